The summed E-state index contributed by atoms with van der Waals surface area (Å²) in [4.78, 5) is 16.1. The molecule has 1 aliphatic carbocycles. The van der Waals surface area contributed by atoms with E-state index in [4.69, 9.17) is 0 Å². The second-order valence-electron chi connectivity index (χ2n) is 13.0. The number of fused-ring (bicyclic) bond motifs is 2. The second kappa shape index (κ2) is 16.3. The quantitative estimate of drug-likeness (QED) is 0.270. The van der Waals surface area contributed by atoms with Crippen molar-refractivity contribution in [3.8, 4) is 0 Å². The fourth-order valence-corrected chi connectivity index (χ4v) is 8.24. The van der Waals surface area contributed by atoms with Gasteiger partial charge in [0, 0.05) is 51.0 Å². The molecule has 1 aromatic heterocycles. The highest BCUT2D eigenvalue weighted by Gasteiger charge is 2.38. The second-order valence-corrected chi connectivity index (χ2v) is 14.9. The van der Waals surface area contributed by atoms with E-state index < -0.39 is 28.4 Å². The molecule has 3 heterocycles. The van der Waals surface area contributed by atoms with E-state index in [-0.39, 0.29) is 30.7 Å². The first-order valence-corrected chi connectivity index (χ1v) is 18.1. The third-order valence-electron chi connectivity index (χ3n) is 9.46. The van der Waals surface area contributed by atoms with Crippen molar-refractivity contribution in [2.24, 2.45) is 0 Å². The highest BCUT2D eigenvalue weighted by atomic mass is 32.2. The molecule has 2 aliphatic heterocycles. The number of likely N-dealkylation sites (tertiary alicyclic amines) is 1. The summed E-state index contributed by atoms with van der Waals surface area (Å²) in [5.41, 5.74) is 5.47. The number of nitrogens with zero attached hydrogens (tertiary/aromatic N) is 3. The van der Waals surface area contributed by atoms with E-state index >= 15 is 0 Å². The summed E-state index contributed by atoms with van der Waals surface area (Å²) in [5.74, 6) is -0.148. The van der Waals surface area contributed by atoms with E-state index in [2.05, 4.69) is 28.4 Å². The highest BCUT2D eigenvalue weighted by Crippen LogP contribution is 2.35. The topological polar surface area (TPSA) is 74.6 Å². The molecule has 0 spiro atoms. The van der Waals surface area contributed by atoms with Crippen LogP contribution < -0.4 is 5.32 Å². The Balaban J connectivity index is 0.000000776. The number of nitrogens with one attached hydrogen (secondary N) is 1. The Kier molecular flexibility index (Phi) is 12.8. The van der Waals surface area contributed by atoms with Gasteiger partial charge in [0.05, 0.1) is 23.2 Å². The summed E-state index contributed by atoms with van der Waals surface area (Å²) in [5, 5.41) is 3.25. The molecular weight excluding hydrogens is 618 g/mol. The zero-order valence-corrected chi connectivity index (χ0v) is 28.1. The van der Waals surface area contributed by atoms with E-state index in [1.165, 1.54) is 15.4 Å². The van der Waals surface area contributed by atoms with Gasteiger partial charge in [-0.15, -0.1) is 0 Å². The summed E-state index contributed by atoms with van der Waals surface area (Å²) >= 11 is 0. The summed E-state index contributed by atoms with van der Waals surface area (Å²) in [6.07, 6.45) is 5.38. The van der Waals surface area contributed by atoms with Gasteiger partial charge in [-0.2, -0.15) is 4.31 Å². The first kappa shape index (κ1) is 36.8. The largest absolute Gasteiger partial charge is 0.349 e. The molecule has 3 aliphatic rings. The average molecular weight is 671 g/mol. The van der Waals surface area contributed by atoms with Crippen molar-refractivity contribution in [2.45, 2.75) is 116 Å². The number of piperidine rings is 1. The Hall–Kier alpha value is -3.08. The zero-order chi connectivity index (χ0) is 32.8. The predicted molar refractivity (Wildman–Crippen MR) is 184 cm³/mol. The zero-order valence-electron chi connectivity index (χ0n) is 27.3. The van der Waals surface area contributed by atoms with E-state index in [9.17, 15) is 22.0 Å². The van der Waals surface area contributed by atoms with Gasteiger partial charge >= 0.3 is 0 Å². The van der Waals surface area contributed by atoms with Crippen LogP contribution in [-0.2, 0) is 34.3 Å². The van der Waals surface area contributed by atoms with E-state index in [0.29, 0.717) is 32.4 Å². The lowest BCUT2D eigenvalue weighted by atomic mass is 9.86. The average Bonchev–Trinajstić information content (AvgIpc) is 3.52. The summed E-state index contributed by atoms with van der Waals surface area (Å²) in [6.45, 7) is 8.58. The lowest BCUT2D eigenvalue weighted by Gasteiger charge is -2.36. The molecule has 3 aromatic rings. The van der Waals surface area contributed by atoms with Gasteiger partial charge in [-0.3, -0.25) is 9.69 Å². The lowest BCUT2D eigenvalue weighted by Crippen LogP contribution is -2.44. The normalized spacial score (nSPS) is 21.0. The number of amides is 1. The van der Waals surface area contributed by atoms with Gasteiger partial charge in [-0.1, -0.05) is 50.2 Å². The number of hydrogen-bond acceptors (Lipinski definition) is 4. The van der Waals surface area contributed by atoms with Crippen LogP contribution in [0.1, 0.15) is 99.8 Å². The molecule has 0 bridgehead atoms. The number of aromatic nitrogens is 1. The van der Waals surface area contributed by atoms with E-state index in [1.807, 2.05) is 36.7 Å². The predicted octanol–water partition coefficient (Wildman–Crippen LogP) is 7.45. The molecule has 6 rings (SSSR count). The monoisotopic (exact) mass is 670 g/mol. The molecule has 1 N–H and O–H groups in total. The molecule has 3 atom stereocenters. The number of benzene rings is 2. The lowest BCUT2D eigenvalue weighted by molar-refractivity contribution is -0.123. The van der Waals surface area contributed by atoms with Crippen LogP contribution in [0.2, 0.25) is 0 Å². The minimum atomic E-state index is -3.78. The molecule has 7 nitrogen and oxygen atoms in total. The summed E-state index contributed by atoms with van der Waals surface area (Å²) < 4.78 is 56.0. The van der Waals surface area contributed by atoms with Gasteiger partial charge < -0.3 is 9.88 Å². The Bertz CT molecular complexity index is 1570. The standard InChI is InChI=1S/C32H39FN4O3S.C4H9F.CH4/c1-23-7-10-27(11-8-23)41(39,40)37-19-18-36-15-3-6-30(36)31(37)21-32(38)34-29-5-2-4-25-20-24(9-12-28(25)29)22-35-16-13-26(33)14-17-35;1-3-4(2)5;/h3,6-12,15,20,26,29,31H,2,4-5,13-14,16-19,21-22H2,1H3,(H,34,38);4H,3H2,1-2H3;1H4/t29-,31?;;/m1../s1. The molecular formula is C37H52F2N4O3S. The van der Waals surface area contributed by atoms with E-state index in [1.54, 1.807) is 31.2 Å². The van der Waals surface area contributed by atoms with Crippen LogP contribution in [0.25, 0.3) is 0 Å². The van der Waals surface area contributed by atoms with Crippen molar-refractivity contribution in [3.05, 3.63) is 88.7 Å². The summed E-state index contributed by atoms with van der Waals surface area (Å²) in [6, 6.07) is 16.6. The van der Waals surface area contributed by atoms with Crippen LogP contribution in [0.4, 0.5) is 8.78 Å². The van der Waals surface area contributed by atoms with Crippen molar-refractivity contribution >= 4 is 15.9 Å². The Morgan fingerprint density at radius 1 is 1.02 bits per heavy atom. The third-order valence-corrected chi connectivity index (χ3v) is 11.4. The number of aryl methyl sites for hydroxylation is 2. The first-order chi connectivity index (χ1) is 22.0. The van der Waals surface area contributed by atoms with Crippen LogP contribution in [0, 0.1) is 6.92 Å². The maximum absolute atomic E-state index is 13.7. The molecule has 0 radical (unpaired) electrons. The first-order valence-electron chi connectivity index (χ1n) is 16.7. The van der Waals surface area contributed by atoms with E-state index in [0.717, 1.165) is 55.7 Å². The van der Waals surface area contributed by atoms with Crippen molar-refractivity contribution in [2.75, 3.05) is 19.6 Å². The van der Waals surface area contributed by atoms with Crippen LogP contribution >= 0.6 is 0 Å². The fraction of sp³-hybridized carbons (Fsp3) is 0.541. The maximum Gasteiger partial charge on any atom is 0.243 e. The number of hydrogen-bond donors (Lipinski definition) is 1. The van der Waals surface area contributed by atoms with Gasteiger partial charge in [0.1, 0.15) is 6.17 Å². The molecule has 258 valence electrons. The Morgan fingerprint density at radius 3 is 2.40 bits per heavy atom. The van der Waals surface area contributed by atoms with Crippen LogP contribution in [0.3, 0.4) is 0 Å². The van der Waals surface area contributed by atoms with Crippen molar-refractivity contribution in [1.29, 1.82) is 0 Å². The molecule has 47 heavy (non-hydrogen) atoms. The molecule has 1 fully saturated rings. The smallest absolute Gasteiger partial charge is 0.243 e. The van der Waals surface area contributed by atoms with Crippen molar-refractivity contribution in [3.63, 3.8) is 0 Å². The Labute approximate surface area is 280 Å². The van der Waals surface area contributed by atoms with Crippen LogP contribution in [0.15, 0.2) is 65.7 Å². The maximum atomic E-state index is 13.7. The summed E-state index contributed by atoms with van der Waals surface area (Å²) in [7, 11) is -3.78. The van der Waals surface area contributed by atoms with Gasteiger partial charge in [-0.25, -0.2) is 17.2 Å². The molecule has 10 heteroatoms. The molecule has 0 saturated carbocycles. The number of alkyl halides is 2. The fourth-order valence-electron chi connectivity index (χ4n) is 6.65. The van der Waals surface area contributed by atoms with Crippen molar-refractivity contribution < 1.29 is 22.0 Å². The molecule has 2 aromatic carbocycles. The van der Waals surface area contributed by atoms with Crippen molar-refractivity contribution in [1.82, 2.24) is 19.1 Å². The van der Waals surface area contributed by atoms with Gasteiger partial charge in [0.15, 0.2) is 0 Å². The number of carbonyl (C=O) groups is 1. The number of carbonyl (C=O) groups excluding carboxylic acids is 1. The number of halogens is 2. The van der Waals surface area contributed by atoms with Gasteiger partial charge in [0.2, 0.25) is 15.9 Å². The molecule has 1 amide bonds. The van der Waals surface area contributed by atoms with Crippen LogP contribution in [-0.4, -0.2) is 60.1 Å². The highest BCUT2D eigenvalue weighted by molar-refractivity contribution is 7.89. The van der Waals surface area contributed by atoms with Crippen LogP contribution in [0.5, 0.6) is 0 Å². The minimum absolute atomic E-state index is 0. The molecule has 1 saturated heterocycles. The number of rotatable bonds is 8. The minimum Gasteiger partial charge on any atom is -0.349 e. The third kappa shape index (κ3) is 9.09. The number of sulfonamides is 1. The SMILES string of the molecule is C.CCC(C)F.Cc1ccc(S(=O)(=O)N2CCn3cccc3C2CC(=O)N[C@@H]2CCCc3cc(CN4CCC(F)CC4)ccc32)cc1. The van der Waals surface area contributed by atoms with Gasteiger partial charge in [-0.05, 0) is 93.3 Å². The molecule has 2 unspecified atom stereocenters. The van der Waals surface area contributed by atoms with Gasteiger partial charge in [0.25, 0.3) is 0 Å². The Morgan fingerprint density at radius 2 is 1.72 bits per heavy atom.